The van der Waals surface area contributed by atoms with Crippen LogP contribution in [0, 0.1) is 6.92 Å². The maximum atomic E-state index is 12.1. The zero-order valence-electron chi connectivity index (χ0n) is 11.1. The standard InChI is InChI=1S/C14H20N2O2S/c1-12-3-2-4-14(11-12)19(17,18)16-10-7-13-5-8-15-9-6-13/h2-5,11,15-16H,6-10H2,1H3. The Labute approximate surface area is 115 Å². The molecule has 0 saturated heterocycles. The molecule has 0 atom stereocenters. The van der Waals surface area contributed by atoms with Gasteiger partial charge >= 0.3 is 0 Å². The van der Waals surface area contributed by atoms with Gasteiger partial charge < -0.3 is 5.32 Å². The van der Waals surface area contributed by atoms with Gasteiger partial charge in [-0.15, -0.1) is 0 Å². The smallest absolute Gasteiger partial charge is 0.240 e. The van der Waals surface area contributed by atoms with Gasteiger partial charge in [-0.1, -0.05) is 23.8 Å². The van der Waals surface area contributed by atoms with Crippen LogP contribution < -0.4 is 10.0 Å². The summed E-state index contributed by atoms with van der Waals surface area (Å²) in [6.45, 7) is 4.22. The number of rotatable bonds is 5. The first kappa shape index (κ1) is 14.2. The molecule has 1 heterocycles. The van der Waals surface area contributed by atoms with Crippen molar-refractivity contribution in [2.24, 2.45) is 0 Å². The Balaban J connectivity index is 1.92. The predicted molar refractivity (Wildman–Crippen MR) is 76.6 cm³/mol. The van der Waals surface area contributed by atoms with Crippen LogP contribution in [-0.4, -0.2) is 28.1 Å². The molecular weight excluding hydrogens is 260 g/mol. The maximum Gasteiger partial charge on any atom is 0.240 e. The van der Waals surface area contributed by atoms with Crippen LogP contribution in [0.4, 0.5) is 0 Å². The Hall–Kier alpha value is -1.17. The van der Waals surface area contributed by atoms with Gasteiger partial charge in [-0.05, 0) is 44.0 Å². The van der Waals surface area contributed by atoms with E-state index in [9.17, 15) is 8.42 Å². The summed E-state index contributed by atoms with van der Waals surface area (Å²) in [5, 5.41) is 3.24. The summed E-state index contributed by atoms with van der Waals surface area (Å²) < 4.78 is 26.8. The van der Waals surface area contributed by atoms with E-state index in [1.54, 1.807) is 18.2 Å². The lowest BCUT2D eigenvalue weighted by Crippen LogP contribution is -2.26. The molecule has 1 aromatic rings. The van der Waals surface area contributed by atoms with E-state index in [0.29, 0.717) is 11.4 Å². The molecule has 104 valence electrons. The third kappa shape index (κ3) is 4.16. The average molecular weight is 280 g/mol. The van der Waals surface area contributed by atoms with E-state index in [1.807, 2.05) is 13.0 Å². The Morgan fingerprint density at radius 3 is 2.89 bits per heavy atom. The van der Waals surface area contributed by atoms with Gasteiger partial charge in [0.05, 0.1) is 4.90 Å². The number of benzene rings is 1. The van der Waals surface area contributed by atoms with Gasteiger partial charge in [0.2, 0.25) is 10.0 Å². The summed E-state index contributed by atoms with van der Waals surface area (Å²) in [7, 11) is -3.38. The van der Waals surface area contributed by atoms with Crippen molar-refractivity contribution in [2.75, 3.05) is 19.6 Å². The number of hydrogen-bond acceptors (Lipinski definition) is 3. The molecule has 1 aliphatic rings. The molecule has 2 rings (SSSR count). The summed E-state index contributed by atoms with van der Waals surface area (Å²) in [6, 6.07) is 6.96. The Morgan fingerprint density at radius 2 is 2.21 bits per heavy atom. The van der Waals surface area contributed by atoms with Crippen molar-refractivity contribution < 1.29 is 8.42 Å². The van der Waals surface area contributed by atoms with Crippen molar-refractivity contribution >= 4 is 10.0 Å². The SMILES string of the molecule is Cc1cccc(S(=O)(=O)NCCC2=CCNCC2)c1. The fourth-order valence-corrected chi connectivity index (χ4v) is 3.24. The van der Waals surface area contributed by atoms with Gasteiger partial charge in [-0.3, -0.25) is 0 Å². The van der Waals surface area contributed by atoms with Crippen LogP contribution in [0.25, 0.3) is 0 Å². The van der Waals surface area contributed by atoms with Crippen molar-refractivity contribution in [2.45, 2.75) is 24.7 Å². The van der Waals surface area contributed by atoms with E-state index in [2.05, 4.69) is 16.1 Å². The van der Waals surface area contributed by atoms with E-state index in [4.69, 9.17) is 0 Å². The van der Waals surface area contributed by atoms with Crippen LogP contribution in [0.3, 0.4) is 0 Å². The predicted octanol–water partition coefficient (Wildman–Crippen LogP) is 1.58. The summed E-state index contributed by atoms with van der Waals surface area (Å²) >= 11 is 0. The zero-order chi connectivity index (χ0) is 13.7. The van der Waals surface area contributed by atoms with Gasteiger partial charge in [0.1, 0.15) is 0 Å². The van der Waals surface area contributed by atoms with Crippen LogP contribution in [0.15, 0.2) is 40.8 Å². The van der Waals surface area contributed by atoms with E-state index >= 15 is 0 Å². The number of aryl methyl sites for hydroxylation is 1. The molecule has 0 unspecified atom stereocenters. The Kier molecular flexibility index (Phi) is 4.74. The molecule has 4 nitrogen and oxygen atoms in total. The van der Waals surface area contributed by atoms with E-state index in [0.717, 1.165) is 31.5 Å². The van der Waals surface area contributed by atoms with Crippen molar-refractivity contribution in [3.63, 3.8) is 0 Å². The average Bonchev–Trinajstić information content (AvgIpc) is 2.40. The second-order valence-electron chi connectivity index (χ2n) is 4.78. The first-order chi connectivity index (χ1) is 9.08. The van der Waals surface area contributed by atoms with E-state index in [-0.39, 0.29) is 0 Å². The highest BCUT2D eigenvalue weighted by Gasteiger charge is 2.13. The molecule has 5 heteroatoms. The quantitative estimate of drug-likeness (QED) is 0.805. The molecule has 0 aromatic heterocycles. The second-order valence-corrected chi connectivity index (χ2v) is 6.55. The molecule has 0 saturated carbocycles. The van der Waals surface area contributed by atoms with Crippen molar-refractivity contribution in [1.29, 1.82) is 0 Å². The van der Waals surface area contributed by atoms with Crippen LogP contribution in [0.5, 0.6) is 0 Å². The summed E-state index contributed by atoms with van der Waals surface area (Å²) in [5.41, 5.74) is 2.27. The lowest BCUT2D eigenvalue weighted by Gasteiger charge is -2.14. The van der Waals surface area contributed by atoms with Crippen molar-refractivity contribution in [1.82, 2.24) is 10.0 Å². The molecule has 0 radical (unpaired) electrons. The van der Waals surface area contributed by atoms with Gasteiger partial charge in [0, 0.05) is 13.1 Å². The zero-order valence-corrected chi connectivity index (χ0v) is 12.0. The van der Waals surface area contributed by atoms with Gasteiger partial charge in [0.25, 0.3) is 0 Å². The first-order valence-corrected chi connectivity index (χ1v) is 8.01. The molecule has 19 heavy (non-hydrogen) atoms. The normalized spacial score (nSPS) is 16.2. The fourth-order valence-electron chi connectivity index (χ4n) is 2.11. The molecule has 0 aliphatic carbocycles. The minimum absolute atomic E-state index is 0.340. The highest BCUT2D eigenvalue weighted by Crippen LogP contribution is 2.12. The second kappa shape index (κ2) is 6.32. The molecule has 0 amide bonds. The van der Waals surface area contributed by atoms with Gasteiger partial charge in [-0.25, -0.2) is 13.1 Å². The third-order valence-electron chi connectivity index (χ3n) is 3.20. The van der Waals surface area contributed by atoms with Crippen LogP contribution in [0.1, 0.15) is 18.4 Å². The number of sulfonamides is 1. The first-order valence-electron chi connectivity index (χ1n) is 6.53. The monoisotopic (exact) mass is 280 g/mol. The van der Waals surface area contributed by atoms with Crippen molar-refractivity contribution in [3.05, 3.63) is 41.5 Å². The summed E-state index contributed by atoms with van der Waals surface area (Å²) in [5.74, 6) is 0. The molecular formula is C14H20N2O2S. The molecule has 1 aliphatic heterocycles. The largest absolute Gasteiger partial charge is 0.313 e. The molecule has 1 aromatic carbocycles. The lowest BCUT2D eigenvalue weighted by atomic mass is 10.1. The molecule has 0 bridgehead atoms. The minimum Gasteiger partial charge on any atom is -0.313 e. The highest BCUT2D eigenvalue weighted by molar-refractivity contribution is 7.89. The number of hydrogen-bond donors (Lipinski definition) is 2. The number of nitrogens with one attached hydrogen (secondary N) is 2. The van der Waals surface area contributed by atoms with E-state index in [1.165, 1.54) is 5.57 Å². The Bertz CT molecular complexity index is 565. The highest BCUT2D eigenvalue weighted by atomic mass is 32.2. The molecule has 2 N–H and O–H groups in total. The lowest BCUT2D eigenvalue weighted by molar-refractivity contribution is 0.579. The topological polar surface area (TPSA) is 58.2 Å². The van der Waals surface area contributed by atoms with E-state index < -0.39 is 10.0 Å². The van der Waals surface area contributed by atoms with Gasteiger partial charge in [0.15, 0.2) is 0 Å². The van der Waals surface area contributed by atoms with Crippen LogP contribution >= 0.6 is 0 Å². The van der Waals surface area contributed by atoms with Crippen LogP contribution in [0.2, 0.25) is 0 Å². The van der Waals surface area contributed by atoms with Gasteiger partial charge in [-0.2, -0.15) is 0 Å². The maximum absolute atomic E-state index is 12.1. The fraction of sp³-hybridized carbons (Fsp3) is 0.429. The van der Waals surface area contributed by atoms with Crippen LogP contribution in [-0.2, 0) is 10.0 Å². The third-order valence-corrected chi connectivity index (χ3v) is 4.65. The minimum atomic E-state index is -3.38. The van der Waals surface area contributed by atoms with Crippen molar-refractivity contribution in [3.8, 4) is 0 Å². The summed E-state index contributed by atoms with van der Waals surface area (Å²) in [6.07, 6.45) is 3.93. The summed E-state index contributed by atoms with van der Waals surface area (Å²) in [4.78, 5) is 0.340. The Morgan fingerprint density at radius 1 is 1.37 bits per heavy atom. The molecule has 0 spiro atoms. The molecule has 0 fully saturated rings.